The molecule has 1 aliphatic heterocycles. The van der Waals surface area contributed by atoms with Gasteiger partial charge in [-0.2, -0.15) is 0 Å². The highest BCUT2D eigenvalue weighted by Gasteiger charge is 2.35. The maximum absolute atomic E-state index is 14.1. The zero-order chi connectivity index (χ0) is 18.7. The predicted octanol–water partition coefficient (Wildman–Crippen LogP) is 4.38. The van der Waals surface area contributed by atoms with Gasteiger partial charge in [-0.25, -0.2) is 4.39 Å². The Labute approximate surface area is 160 Å². The number of halogens is 2. The summed E-state index contributed by atoms with van der Waals surface area (Å²) in [5, 5.41) is 3.58. The SMILES string of the molecule is O=C1NC(=O)C(c2coc3ccccc23)=C1c1c[nH]c2cc(Br)c(F)cc12. The van der Waals surface area contributed by atoms with Crippen LogP contribution in [0, 0.1) is 5.82 Å². The minimum Gasteiger partial charge on any atom is -0.464 e. The molecule has 0 atom stereocenters. The van der Waals surface area contributed by atoms with Crippen LogP contribution in [0.4, 0.5) is 4.39 Å². The lowest BCUT2D eigenvalue weighted by Crippen LogP contribution is -2.22. The molecule has 0 aliphatic carbocycles. The molecule has 2 N–H and O–H groups in total. The second-order valence-electron chi connectivity index (χ2n) is 6.19. The van der Waals surface area contributed by atoms with Crippen LogP contribution in [0.2, 0.25) is 0 Å². The molecule has 132 valence electrons. The van der Waals surface area contributed by atoms with Gasteiger partial charge in [0.15, 0.2) is 0 Å². The van der Waals surface area contributed by atoms with Crippen LogP contribution >= 0.6 is 15.9 Å². The Morgan fingerprint density at radius 1 is 0.963 bits per heavy atom. The molecule has 0 radical (unpaired) electrons. The first-order chi connectivity index (χ1) is 13.0. The van der Waals surface area contributed by atoms with Gasteiger partial charge in [0.2, 0.25) is 0 Å². The van der Waals surface area contributed by atoms with Gasteiger partial charge in [0.05, 0.1) is 21.9 Å². The molecule has 2 amide bonds. The lowest BCUT2D eigenvalue weighted by molar-refractivity contribution is -0.122. The molecule has 3 heterocycles. The molecule has 5 rings (SSSR count). The molecule has 2 aromatic heterocycles. The van der Waals surface area contributed by atoms with Crippen LogP contribution in [-0.4, -0.2) is 16.8 Å². The molecule has 0 fully saturated rings. The number of carbonyl (C=O) groups excluding carboxylic acids is 2. The monoisotopic (exact) mass is 424 g/mol. The first-order valence-electron chi connectivity index (χ1n) is 8.07. The summed E-state index contributed by atoms with van der Waals surface area (Å²) in [4.78, 5) is 28.2. The minimum atomic E-state index is -0.524. The zero-order valence-electron chi connectivity index (χ0n) is 13.6. The van der Waals surface area contributed by atoms with Crippen molar-refractivity contribution in [2.24, 2.45) is 0 Å². The lowest BCUT2D eigenvalue weighted by Gasteiger charge is -2.03. The predicted molar refractivity (Wildman–Crippen MR) is 102 cm³/mol. The molecule has 0 unspecified atom stereocenters. The molecular formula is C20H10BrFN2O3. The van der Waals surface area contributed by atoms with E-state index in [0.29, 0.717) is 32.1 Å². The third-order valence-corrected chi connectivity index (χ3v) is 5.28. The van der Waals surface area contributed by atoms with E-state index in [1.54, 1.807) is 18.3 Å². The number of imide groups is 1. The van der Waals surface area contributed by atoms with Gasteiger partial charge in [-0.15, -0.1) is 0 Å². The van der Waals surface area contributed by atoms with Crippen molar-refractivity contribution in [3.05, 3.63) is 70.3 Å². The smallest absolute Gasteiger partial charge is 0.259 e. The van der Waals surface area contributed by atoms with Crippen molar-refractivity contribution in [2.45, 2.75) is 0 Å². The summed E-state index contributed by atoms with van der Waals surface area (Å²) in [6, 6.07) is 10.2. The number of hydrogen-bond acceptors (Lipinski definition) is 3. The van der Waals surface area contributed by atoms with Gasteiger partial charge in [-0.1, -0.05) is 18.2 Å². The van der Waals surface area contributed by atoms with Crippen molar-refractivity contribution >= 4 is 60.8 Å². The maximum Gasteiger partial charge on any atom is 0.259 e. The molecule has 0 bridgehead atoms. The zero-order valence-corrected chi connectivity index (χ0v) is 15.2. The van der Waals surface area contributed by atoms with Gasteiger partial charge in [0.1, 0.15) is 11.4 Å². The largest absolute Gasteiger partial charge is 0.464 e. The Morgan fingerprint density at radius 2 is 1.70 bits per heavy atom. The minimum absolute atomic E-state index is 0.194. The van der Waals surface area contributed by atoms with Crippen molar-refractivity contribution in [1.29, 1.82) is 0 Å². The number of amides is 2. The van der Waals surface area contributed by atoms with Crippen LogP contribution in [-0.2, 0) is 9.59 Å². The Bertz CT molecular complexity index is 1320. The van der Waals surface area contributed by atoms with Gasteiger partial charge in [-0.3, -0.25) is 14.9 Å². The summed E-state index contributed by atoms with van der Waals surface area (Å²) < 4.78 is 19.9. The van der Waals surface area contributed by atoms with Crippen molar-refractivity contribution in [3.63, 3.8) is 0 Å². The average Bonchev–Trinajstić information content (AvgIpc) is 3.31. The number of rotatable bonds is 2. The van der Waals surface area contributed by atoms with E-state index in [1.165, 1.54) is 12.3 Å². The number of para-hydroxylation sites is 1. The number of aromatic nitrogens is 1. The summed E-state index contributed by atoms with van der Waals surface area (Å²) >= 11 is 3.15. The molecule has 7 heteroatoms. The van der Waals surface area contributed by atoms with Crippen molar-refractivity contribution in [2.75, 3.05) is 0 Å². The molecular weight excluding hydrogens is 415 g/mol. The van der Waals surface area contributed by atoms with Gasteiger partial charge in [0, 0.05) is 33.6 Å². The van der Waals surface area contributed by atoms with Crippen LogP contribution < -0.4 is 5.32 Å². The van der Waals surface area contributed by atoms with Gasteiger partial charge in [-0.05, 0) is 34.1 Å². The van der Waals surface area contributed by atoms with Crippen LogP contribution in [0.3, 0.4) is 0 Å². The molecule has 0 saturated carbocycles. The van der Waals surface area contributed by atoms with E-state index in [9.17, 15) is 14.0 Å². The maximum atomic E-state index is 14.1. The van der Waals surface area contributed by atoms with E-state index >= 15 is 0 Å². The van der Waals surface area contributed by atoms with Gasteiger partial charge in [0.25, 0.3) is 11.8 Å². The van der Waals surface area contributed by atoms with E-state index < -0.39 is 17.6 Å². The molecule has 0 spiro atoms. The third-order valence-electron chi connectivity index (χ3n) is 4.67. The molecule has 0 saturated heterocycles. The number of benzene rings is 2. The van der Waals surface area contributed by atoms with Crippen molar-refractivity contribution in [1.82, 2.24) is 10.3 Å². The Kier molecular flexibility index (Phi) is 3.35. The third kappa shape index (κ3) is 2.28. The first kappa shape index (κ1) is 16.0. The van der Waals surface area contributed by atoms with Crippen molar-refractivity contribution < 1.29 is 18.4 Å². The number of hydrogen-bond donors (Lipinski definition) is 2. The van der Waals surface area contributed by atoms with E-state index in [4.69, 9.17) is 4.42 Å². The van der Waals surface area contributed by atoms with Crippen LogP contribution in [0.1, 0.15) is 11.1 Å². The highest BCUT2D eigenvalue weighted by molar-refractivity contribution is 9.10. The standard InChI is InChI=1S/C20H10BrFN2O3/c21-13-6-15-10(5-14(13)22)11(7-23-15)17-18(20(26)24-19(17)25)12-8-27-16-4-2-1-3-9(12)16/h1-8,23H,(H,24,25,26). The Hall–Kier alpha value is -3.19. The summed E-state index contributed by atoms with van der Waals surface area (Å²) in [6.45, 7) is 0. The molecule has 27 heavy (non-hydrogen) atoms. The Balaban J connectivity index is 1.84. The summed E-state index contributed by atoms with van der Waals surface area (Å²) in [6.07, 6.45) is 3.07. The van der Waals surface area contributed by atoms with Gasteiger partial charge < -0.3 is 9.40 Å². The molecule has 1 aliphatic rings. The number of H-pyrrole nitrogens is 1. The summed E-state index contributed by atoms with van der Waals surface area (Å²) in [5.41, 5.74) is 2.65. The normalized spacial score (nSPS) is 14.6. The topological polar surface area (TPSA) is 75.1 Å². The quantitative estimate of drug-likeness (QED) is 0.468. The first-order valence-corrected chi connectivity index (χ1v) is 8.87. The molecule has 5 nitrogen and oxygen atoms in total. The van der Waals surface area contributed by atoms with Crippen molar-refractivity contribution in [3.8, 4) is 0 Å². The highest BCUT2D eigenvalue weighted by atomic mass is 79.9. The van der Waals surface area contributed by atoms with E-state index in [1.807, 2.05) is 18.2 Å². The fourth-order valence-electron chi connectivity index (χ4n) is 3.46. The van der Waals surface area contributed by atoms with E-state index in [-0.39, 0.29) is 11.1 Å². The fraction of sp³-hybridized carbons (Fsp3) is 0. The Morgan fingerprint density at radius 3 is 2.52 bits per heavy atom. The lowest BCUT2D eigenvalue weighted by atomic mass is 9.95. The summed E-state index contributed by atoms with van der Waals surface area (Å²) in [5.74, 6) is -1.48. The highest BCUT2D eigenvalue weighted by Crippen LogP contribution is 2.38. The van der Waals surface area contributed by atoms with Gasteiger partial charge >= 0.3 is 0 Å². The van der Waals surface area contributed by atoms with E-state index in [0.717, 1.165) is 5.39 Å². The van der Waals surface area contributed by atoms with Crippen LogP contribution in [0.25, 0.3) is 33.0 Å². The van der Waals surface area contributed by atoms with Crippen LogP contribution in [0.5, 0.6) is 0 Å². The van der Waals surface area contributed by atoms with Crippen LogP contribution in [0.15, 0.2) is 57.7 Å². The van der Waals surface area contributed by atoms with E-state index in [2.05, 4.69) is 26.2 Å². The number of aromatic amines is 1. The number of furan rings is 1. The molecule has 4 aromatic rings. The average molecular weight is 425 g/mol. The molecule has 2 aromatic carbocycles. The second kappa shape index (κ2) is 5.65. The number of nitrogens with one attached hydrogen (secondary N) is 2. The second-order valence-corrected chi connectivity index (χ2v) is 7.05. The summed E-state index contributed by atoms with van der Waals surface area (Å²) in [7, 11) is 0. The fourth-order valence-corrected chi connectivity index (χ4v) is 3.81. The number of carbonyl (C=O) groups is 2. The number of fused-ring (bicyclic) bond motifs is 2.